The van der Waals surface area contributed by atoms with Gasteiger partial charge >= 0.3 is 0 Å². The molecule has 0 saturated heterocycles. The Hall–Kier alpha value is -0.0800. The Kier molecular flexibility index (Phi) is 5.07. The molecular formula is C13H28N2. The first kappa shape index (κ1) is 13.0. The van der Waals surface area contributed by atoms with Crippen molar-refractivity contribution in [1.29, 1.82) is 0 Å². The lowest BCUT2D eigenvalue weighted by molar-refractivity contribution is 0.300. The Morgan fingerprint density at radius 2 is 1.93 bits per heavy atom. The molecule has 0 aromatic rings. The van der Waals surface area contributed by atoms with Gasteiger partial charge in [0.25, 0.3) is 0 Å². The van der Waals surface area contributed by atoms with Crippen LogP contribution in [0, 0.1) is 17.8 Å². The molecule has 1 fully saturated rings. The number of rotatable bonds is 7. The molecule has 3 atom stereocenters. The predicted octanol–water partition coefficient (Wildman–Crippen LogP) is 2.21. The third-order valence-electron chi connectivity index (χ3n) is 3.78. The number of nitrogens with one attached hydrogen (secondary N) is 1. The van der Waals surface area contributed by atoms with Gasteiger partial charge < -0.3 is 10.2 Å². The van der Waals surface area contributed by atoms with Crippen LogP contribution >= 0.6 is 0 Å². The van der Waals surface area contributed by atoms with Gasteiger partial charge in [0, 0.05) is 25.7 Å². The van der Waals surface area contributed by atoms with Gasteiger partial charge in [-0.15, -0.1) is 0 Å². The zero-order valence-electron chi connectivity index (χ0n) is 11.1. The van der Waals surface area contributed by atoms with Gasteiger partial charge in [-0.25, -0.2) is 0 Å². The van der Waals surface area contributed by atoms with E-state index in [0.717, 1.165) is 24.3 Å². The lowest BCUT2D eigenvalue weighted by Crippen LogP contribution is -2.37. The second kappa shape index (κ2) is 5.86. The molecule has 0 aromatic carbocycles. The Morgan fingerprint density at radius 3 is 2.40 bits per heavy atom. The maximum Gasteiger partial charge on any atom is 0.0104 e. The van der Waals surface area contributed by atoms with Crippen molar-refractivity contribution in [1.82, 2.24) is 10.2 Å². The molecule has 0 bridgehead atoms. The Bertz CT molecular complexity index is 179. The summed E-state index contributed by atoms with van der Waals surface area (Å²) in [6.45, 7) is 12.8. The van der Waals surface area contributed by atoms with Gasteiger partial charge in [-0.3, -0.25) is 0 Å². The van der Waals surface area contributed by atoms with Gasteiger partial charge in [-0.2, -0.15) is 0 Å². The molecule has 1 saturated carbocycles. The summed E-state index contributed by atoms with van der Waals surface area (Å²) in [5.74, 6) is 2.70. The van der Waals surface area contributed by atoms with E-state index in [-0.39, 0.29) is 0 Å². The van der Waals surface area contributed by atoms with Crippen molar-refractivity contribution < 1.29 is 0 Å². The fraction of sp³-hybridized carbons (Fsp3) is 1.00. The van der Waals surface area contributed by atoms with E-state index in [9.17, 15) is 0 Å². The second-order valence-electron chi connectivity index (χ2n) is 5.72. The summed E-state index contributed by atoms with van der Waals surface area (Å²) in [4.78, 5) is 2.47. The topological polar surface area (TPSA) is 15.3 Å². The monoisotopic (exact) mass is 212 g/mol. The fourth-order valence-corrected chi connectivity index (χ4v) is 1.86. The quantitative estimate of drug-likeness (QED) is 0.696. The van der Waals surface area contributed by atoms with E-state index in [4.69, 9.17) is 0 Å². The van der Waals surface area contributed by atoms with E-state index in [1.807, 2.05) is 0 Å². The van der Waals surface area contributed by atoms with E-state index in [1.54, 1.807) is 0 Å². The smallest absolute Gasteiger partial charge is 0.0104 e. The van der Waals surface area contributed by atoms with Gasteiger partial charge in [-0.05, 0) is 38.1 Å². The minimum atomic E-state index is 0.637. The molecule has 0 heterocycles. The lowest BCUT2D eigenvalue weighted by Gasteiger charge is -2.21. The molecule has 1 aliphatic rings. The van der Waals surface area contributed by atoms with E-state index >= 15 is 0 Å². The summed E-state index contributed by atoms with van der Waals surface area (Å²) in [7, 11) is 2.24. The summed E-state index contributed by atoms with van der Waals surface area (Å²) in [6.07, 6.45) is 1.44. The third-order valence-corrected chi connectivity index (χ3v) is 3.78. The molecule has 15 heavy (non-hydrogen) atoms. The van der Waals surface area contributed by atoms with Crippen LogP contribution in [0.1, 0.15) is 34.1 Å². The second-order valence-corrected chi connectivity index (χ2v) is 5.72. The molecular weight excluding hydrogens is 184 g/mol. The number of hydrogen-bond acceptors (Lipinski definition) is 2. The summed E-state index contributed by atoms with van der Waals surface area (Å²) in [5, 5.41) is 3.58. The van der Waals surface area contributed by atoms with Crippen molar-refractivity contribution in [3.8, 4) is 0 Å². The predicted molar refractivity (Wildman–Crippen MR) is 67.1 cm³/mol. The van der Waals surface area contributed by atoms with Crippen LogP contribution in [0.2, 0.25) is 0 Å². The Morgan fingerprint density at radius 1 is 1.33 bits per heavy atom. The fourth-order valence-electron chi connectivity index (χ4n) is 1.86. The van der Waals surface area contributed by atoms with Gasteiger partial charge in [0.1, 0.15) is 0 Å². The zero-order valence-corrected chi connectivity index (χ0v) is 11.1. The lowest BCUT2D eigenvalue weighted by atomic mass is 10.1. The van der Waals surface area contributed by atoms with Crippen molar-refractivity contribution in [2.45, 2.75) is 40.2 Å². The number of hydrogen-bond donors (Lipinski definition) is 1. The molecule has 0 radical (unpaired) electrons. The Balaban J connectivity index is 1.99. The highest BCUT2D eigenvalue weighted by atomic mass is 15.1. The first-order valence-electron chi connectivity index (χ1n) is 6.42. The van der Waals surface area contributed by atoms with Crippen molar-refractivity contribution in [3.63, 3.8) is 0 Å². The van der Waals surface area contributed by atoms with Gasteiger partial charge in [0.2, 0.25) is 0 Å². The molecule has 3 unspecified atom stereocenters. The van der Waals surface area contributed by atoms with E-state index in [1.165, 1.54) is 19.5 Å². The maximum absolute atomic E-state index is 3.58. The standard InChI is InChI=1S/C13H28N2/c1-10(2)12(4)14-6-7-15(5)9-13-8-11(13)3/h10-14H,6-9H2,1-5H3. The molecule has 2 nitrogen and oxygen atoms in total. The van der Waals surface area contributed by atoms with Crippen molar-refractivity contribution in [3.05, 3.63) is 0 Å². The van der Waals surface area contributed by atoms with Crippen molar-refractivity contribution in [2.75, 3.05) is 26.7 Å². The number of likely N-dealkylation sites (N-methyl/N-ethyl adjacent to an activating group) is 1. The highest BCUT2D eigenvalue weighted by molar-refractivity contribution is 4.84. The molecule has 1 rings (SSSR count). The van der Waals surface area contributed by atoms with E-state index < -0.39 is 0 Å². The summed E-state index contributed by atoms with van der Waals surface area (Å²) in [5.41, 5.74) is 0. The van der Waals surface area contributed by atoms with E-state index in [2.05, 4.69) is 45.0 Å². The third kappa shape index (κ3) is 4.98. The molecule has 0 spiro atoms. The van der Waals surface area contributed by atoms with Crippen LogP contribution < -0.4 is 5.32 Å². The van der Waals surface area contributed by atoms with E-state index in [0.29, 0.717) is 6.04 Å². The van der Waals surface area contributed by atoms with Gasteiger partial charge in [0.15, 0.2) is 0 Å². The maximum atomic E-state index is 3.58. The normalized spacial score (nSPS) is 27.4. The van der Waals surface area contributed by atoms with Gasteiger partial charge in [0.05, 0.1) is 0 Å². The zero-order chi connectivity index (χ0) is 11.4. The SMILES string of the molecule is CC(C)C(C)NCCN(C)CC1CC1C. The van der Waals surface area contributed by atoms with Crippen LogP contribution in [0.25, 0.3) is 0 Å². The van der Waals surface area contributed by atoms with Gasteiger partial charge in [-0.1, -0.05) is 20.8 Å². The molecule has 1 N–H and O–H groups in total. The minimum absolute atomic E-state index is 0.637. The average molecular weight is 212 g/mol. The Labute approximate surface area is 95.4 Å². The summed E-state index contributed by atoms with van der Waals surface area (Å²) in [6, 6.07) is 0.637. The molecule has 90 valence electrons. The van der Waals surface area contributed by atoms with Crippen LogP contribution in [-0.4, -0.2) is 37.6 Å². The first-order valence-corrected chi connectivity index (χ1v) is 6.42. The largest absolute Gasteiger partial charge is 0.313 e. The van der Waals surface area contributed by atoms with Crippen LogP contribution in [-0.2, 0) is 0 Å². The van der Waals surface area contributed by atoms with Crippen LogP contribution in [0.15, 0.2) is 0 Å². The molecule has 2 heteroatoms. The van der Waals surface area contributed by atoms with Crippen LogP contribution in [0.5, 0.6) is 0 Å². The highest BCUT2D eigenvalue weighted by Crippen LogP contribution is 2.37. The summed E-state index contributed by atoms with van der Waals surface area (Å²) < 4.78 is 0. The first-order chi connectivity index (χ1) is 7.00. The summed E-state index contributed by atoms with van der Waals surface area (Å²) >= 11 is 0. The van der Waals surface area contributed by atoms with Crippen molar-refractivity contribution >= 4 is 0 Å². The minimum Gasteiger partial charge on any atom is -0.313 e. The average Bonchev–Trinajstić information content (AvgIpc) is 2.81. The molecule has 0 aliphatic heterocycles. The van der Waals surface area contributed by atoms with Crippen LogP contribution in [0.4, 0.5) is 0 Å². The molecule has 0 aromatic heterocycles. The number of nitrogens with zero attached hydrogens (tertiary/aromatic N) is 1. The molecule has 1 aliphatic carbocycles. The highest BCUT2D eigenvalue weighted by Gasteiger charge is 2.32. The molecule has 0 amide bonds. The van der Waals surface area contributed by atoms with Crippen molar-refractivity contribution in [2.24, 2.45) is 17.8 Å². The van der Waals surface area contributed by atoms with Crippen LogP contribution in [0.3, 0.4) is 0 Å².